The summed E-state index contributed by atoms with van der Waals surface area (Å²) in [4.78, 5) is 35.3. The van der Waals surface area contributed by atoms with Gasteiger partial charge in [0.1, 0.15) is 17.6 Å². The lowest BCUT2D eigenvalue weighted by atomic mass is 9.79. The van der Waals surface area contributed by atoms with Crippen LogP contribution in [-0.4, -0.2) is 40.1 Å². The minimum absolute atomic E-state index is 0.0106. The van der Waals surface area contributed by atoms with Crippen LogP contribution in [0.2, 0.25) is 0 Å². The van der Waals surface area contributed by atoms with Gasteiger partial charge in [0.05, 0.1) is 0 Å². The molecule has 10 heteroatoms. The van der Waals surface area contributed by atoms with E-state index in [-0.39, 0.29) is 23.5 Å². The molecule has 1 aromatic carbocycles. The third-order valence-corrected chi connectivity index (χ3v) is 4.41. The van der Waals surface area contributed by atoms with Crippen molar-refractivity contribution in [1.82, 2.24) is 21.3 Å². The second-order valence-electron chi connectivity index (χ2n) is 6.58. The highest BCUT2D eigenvalue weighted by atomic mass is 19.1. The smallest absolute Gasteiger partial charge is 0.290 e. The van der Waals surface area contributed by atoms with Gasteiger partial charge in [0.15, 0.2) is 0 Å². The third-order valence-electron chi connectivity index (χ3n) is 4.41. The lowest BCUT2D eigenvalue weighted by Gasteiger charge is -2.34. The second-order valence-corrected chi connectivity index (χ2v) is 6.58. The molecule has 9 nitrogen and oxygen atoms in total. The summed E-state index contributed by atoms with van der Waals surface area (Å²) >= 11 is 0. The number of nitrogens with zero attached hydrogens (tertiary/aromatic N) is 1. The SMILES string of the molecule is C[C@@H](O)C(=O)NNC(=O)[C@H]1C[C@H](NC(=O)c2cc(-c3ccc(F)cc3)no2)C1. The zero-order chi connectivity index (χ0) is 20.3. The maximum atomic E-state index is 13.0. The van der Waals surface area contributed by atoms with Crippen LogP contribution >= 0.6 is 0 Å². The van der Waals surface area contributed by atoms with Gasteiger partial charge in [-0.1, -0.05) is 5.16 Å². The van der Waals surface area contributed by atoms with E-state index in [4.69, 9.17) is 9.63 Å². The van der Waals surface area contributed by atoms with Gasteiger partial charge in [-0.15, -0.1) is 0 Å². The van der Waals surface area contributed by atoms with Gasteiger partial charge >= 0.3 is 0 Å². The summed E-state index contributed by atoms with van der Waals surface area (Å²) in [6, 6.07) is 6.87. The summed E-state index contributed by atoms with van der Waals surface area (Å²) in [5.41, 5.74) is 5.36. The molecule has 0 bridgehead atoms. The summed E-state index contributed by atoms with van der Waals surface area (Å²) in [5, 5.41) is 15.6. The molecule has 0 unspecified atom stereocenters. The van der Waals surface area contributed by atoms with Crippen molar-refractivity contribution in [2.45, 2.75) is 31.9 Å². The van der Waals surface area contributed by atoms with E-state index in [1.165, 1.54) is 37.3 Å². The Labute approximate surface area is 159 Å². The van der Waals surface area contributed by atoms with Crippen LogP contribution in [0.15, 0.2) is 34.9 Å². The Morgan fingerprint density at radius 1 is 1.21 bits per heavy atom. The Morgan fingerprint density at radius 2 is 1.89 bits per heavy atom. The lowest BCUT2D eigenvalue weighted by Crippen LogP contribution is -2.53. The van der Waals surface area contributed by atoms with Crippen LogP contribution in [0, 0.1) is 11.7 Å². The van der Waals surface area contributed by atoms with E-state index in [9.17, 15) is 18.8 Å². The second kappa shape index (κ2) is 8.17. The van der Waals surface area contributed by atoms with Crippen molar-refractivity contribution < 1.29 is 28.4 Å². The molecule has 28 heavy (non-hydrogen) atoms. The molecule has 1 aromatic heterocycles. The molecule has 148 valence electrons. The van der Waals surface area contributed by atoms with Gasteiger partial charge in [0.2, 0.25) is 11.7 Å². The van der Waals surface area contributed by atoms with Crippen LogP contribution in [0.25, 0.3) is 11.3 Å². The molecule has 3 rings (SSSR count). The van der Waals surface area contributed by atoms with Crippen molar-refractivity contribution in [2.75, 3.05) is 0 Å². The number of hydrazine groups is 1. The molecule has 4 N–H and O–H groups in total. The highest BCUT2D eigenvalue weighted by Crippen LogP contribution is 2.28. The number of aromatic nitrogens is 1. The first kappa shape index (κ1) is 19.5. The fourth-order valence-electron chi connectivity index (χ4n) is 2.67. The number of hydrogen-bond acceptors (Lipinski definition) is 6. The predicted molar refractivity (Wildman–Crippen MR) is 93.8 cm³/mol. The van der Waals surface area contributed by atoms with Crippen LogP contribution in [-0.2, 0) is 9.59 Å². The number of aliphatic hydroxyl groups excluding tert-OH is 1. The van der Waals surface area contributed by atoms with E-state index < -0.39 is 23.8 Å². The van der Waals surface area contributed by atoms with E-state index in [1.807, 2.05) is 0 Å². The molecule has 1 heterocycles. The molecule has 0 radical (unpaired) electrons. The number of halogens is 1. The molecule has 2 aromatic rings. The van der Waals surface area contributed by atoms with Gasteiger partial charge in [-0.2, -0.15) is 0 Å². The normalized spacial score (nSPS) is 19.2. The minimum Gasteiger partial charge on any atom is -0.383 e. The van der Waals surface area contributed by atoms with Crippen molar-refractivity contribution in [3.8, 4) is 11.3 Å². The van der Waals surface area contributed by atoms with E-state index in [2.05, 4.69) is 21.3 Å². The van der Waals surface area contributed by atoms with Crippen LogP contribution < -0.4 is 16.2 Å². The van der Waals surface area contributed by atoms with Crippen molar-refractivity contribution in [1.29, 1.82) is 0 Å². The Hall–Kier alpha value is -3.27. The number of carbonyl (C=O) groups excluding carboxylic acids is 3. The first-order chi connectivity index (χ1) is 13.3. The summed E-state index contributed by atoms with van der Waals surface area (Å²) in [5.74, 6) is -2.29. The number of nitrogens with one attached hydrogen (secondary N) is 3. The molecular formula is C18H19FN4O5. The van der Waals surface area contributed by atoms with Crippen molar-refractivity contribution in [3.63, 3.8) is 0 Å². The number of rotatable bonds is 5. The zero-order valence-corrected chi connectivity index (χ0v) is 14.9. The standard InChI is InChI=1S/C18H19FN4O5/c1-9(24)16(25)21-22-17(26)11-6-13(7-11)20-18(27)15-8-14(23-28-15)10-2-4-12(19)5-3-10/h2-5,8-9,11,13,24H,6-7H2,1H3,(H,20,27)(H,21,25)(H,22,26)/t9-,11-,13-/m1/s1. The average molecular weight is 390 g/mol. The molecule has 0 saturated heterocycles. The van der Waals surface area contributed by atoms with Crippen LogP contribution in [0.1, 0.15) is 30.3 Å². The first-order valence-corrected chi connectivity index (χ1v) is 8.64. The Bertz CT molecular complexity index is 874. The largest absolute Gasteiger partial charge is 0.383 e. The fraction of sp³-hybridized carbons (Fsp3) is 0.333. The molecule has 1 atom stereocenters. The third kappa shape index (κ3) is 4.52. The summed E-state index contributed by atoms with van der Waals surface area (Å²) in [6.45, 7) is 1.28. The van der Waals surface area contributed by atoms with Crippen LogP contribution in [0.3, 0.4) is 0 Å². The van der Waals surface area contributed by atoms with Crippen molar-refractivity contribution in [2.24, 2.45) is 5.92 Å². The number of aliphatic hydroxyl groups is 1. The lowest BCUT2D eigenvalue weighted by molar-refractivity contribution is -0.136. The quantitative estimate of drug-likeness (QED) is 0.550. The molecule has 1 fully saturated rings. The van der Waals surface area contributed by atoms with Gasteiger partial charge in [0.25, 0.3) is 11.8 Å². The highest BCUT2D eigenvalue weighted by molar-refractivity contribution is 5.93. The summed E-state index contributed by atoms with van der Waals surface area (Å²) < 4.78 is 18.0. The molecular weight excluding hydrogens is 371 g/mol. The minimum atomic E-state index is -1.23. The van der Waals surface area contributed by atoms with Gasteiger partial charge < -0.3 is 14.9 Å². The fourth-order valence-corrected chi connectivity index (χ4v) is 2.67. The first-order valence-electron chi connectivity index (χ1n) is 8.64. The molecule has 0 aliphatic heterocycles. The zero-order valence-electron chi connectivity index (χ0n) is 14.9. The maximum absolute atomic E-state index is 13.0. The Balaban J connectivity index is 1.46. The molecule has 1 saturated carbocycles. The van der Waals surface area contributed by atoms with E-state index in [0.29, 0.717) is 24.1 Å². The molecule has 3 amide bonds. The number of hydrogen-bond donors (Lipinski definition) is 4. The predicted octanol–water partition coefficient (Wildman–Crippen LogP) is 0.517. The summed E-state index contributed by atoms with van der Waals surface area (Å²) in [6.07, 6.45) is -0.419. The number of carbonyl (C=O) groups is 3. The molecule has 1 aliphatic carbocycles. The van der Waals surface area contributed by atoms with Gasteiger partial charge in [0, 0.05) is 23.6 Å². The summed E-state index contributed by atoms with van der Waals surface area (Å²) in [7, 11) is 0. The van der Waals surface area contributed by atoms with Crippen LogP contribution in [0.4, 0.5) is 4.39 Å². The number of amides is 3. The molecule has 1 aliphatic rings. The Morgan fingerprint density at radius 3 is 2.54 bits per heavy atom. The maximum Gasteiger partial charge on any atom is 0.290 e. The highest BCUT2D eigenvalue weighted by Gasteiger charge is 2.36. The van der Waals surface area contributed by atoms with E-state index >= 15 is 0 Å². The van der Waals surface area contributed by atoms with Crippen molar-refractivity contribution >= 4 is 17.7 Å². The monoisotopic (exact) mass is 390 g/mol. The van der Waals surface area contributed by atoms with Gasteiger partial charge in [-0.25, -0.2) is 4.39 Å². The van der Waals surface area contributed by atoms with Crippen LogP contribution in [0.5, 0.6) is 0 Å². The Kier molecular flexibility index (Phi) is 5.69. The number of benzene rings is 1. The average Bonchev–Trinajstić information content (AvgIpc) is 3.12. The van der Waals surface area contributed by atoms with Crippen molar-refractivity contribution in [3.05, 3.63) is 41.9 Å². The van der Waals surface area contributed by atoms with E-state index in [0.717, 1.165) is 0 Å². The topological polar surface area (TPSA) is 134 Å². The molecule has 0 spiro atoms. The van der Waals surface area contributed by atoms with Gasteiger partial charge in [-0.05, 0) is 44.0 Å². The van der Waals surface area contributed by atoms with Gasteiger partial charge in [-0.3, -0.25) is 25.2 Å². The van der Waals surface area contributed by atoms with E-state index in [1.54, 1.807) is 0 Å².